The Balaban J connectivity index is 2.03. The third-order valence-corrected chi connectivity index (χ3v) is 3.37. The molecule has 1 aliphatic rings. The summed E-state index contributed by atoms with van der Waals surface area (Å²) in [5.41, 5.74) is 0. The molecule has 3 heteroatoms. The molecule has 2 atom stereocenters. The highest BCUT2D eigenvalue weighted by Gasteiger charge is 2.22. The second-order valence-corrected chi connectivity index (χ2v) is 4.90. The molecule has 0 aromatic heterocycles. The van der Waals surface area contributed by atoms with E-state index in [1.165, 1.54) is 12.8 Å². The molecule has 1 N–H and O–H groups in total. The first-order valence-corrected chi connectivity index (χ1v) is 6.74. The molecule has 0 saturated carbocycles. The van der Waals surface area contributed by atoms with Crippen molar-refractivity contribution in [2.75, 3.05) is 32.8 Å². The maximum absolute atomic E-state index is 9.80. The monoisotopic (exact) mass is 229 g/mol. The first-order chi connectivity index (χ1) is 7.76. The molecule has 96 valence electrons. The van der Waals surface area contributed by atoms with Crippen LogP contribution in [0.1, 0.15) is 39.5 Å². The summed E-state index contributed by atoms with van der Waals surface area (Å²) in [6.45, 7) is 8.75. The fourth-order valence-corrected chi connectivity index (χ4v) is 2.23. The van der Waals surface area contributed by atoms with Gasteiger partial charge < -0.3 is 14.7 Å². The number of β-amino-alcohol motifs (C(OH)–C–C–N with tert-alkyl or cyclic N) is 1. The number of unbranched alkanes of at least 4 members (excludes halogenated alkanes) is 1. The molecule has 2 unspecified atom stereocenters. The van der Waals surface area contributed by atoms with Gasteiger partial charge in [0.1, 0.15) is 0 Å². The first kappa shape index (κ1) is 13.9. The summed E-state index contributed by atoms with van der Waals surface area (Å²) in [5.74, 6) is 0.841. The molecule has 0 aromatic carbocycles. The SMILES string of the molecule is CCCCOCC(O)CN1CCC(CC)C1. The quantitative estimate of drug-likeness (QED) is 0.645. The second kappa shape index (κ2) is 8.04. The van der Waals surface area contributed by atoms with Crippen molar-refractivity contribution in [3.63, 3.8) is 0 Å². The van der Waals surface area contributed by atoms with Crippen LogP contribution in [0.3, 0.4) is 0 Å². The molecule has 0 aromatic rings. The van der Waals surface area contributed by atoms with E-state index in [1.807, 2.05) is 0 Å². The lowest BCUT2D eigenvalue weighted by Crippen LogP contribution is -2.33. The van der Waals surface area contributed by atoms with E-state index in [0.29, 0.717) is 6.61 Å². The average Bonchev–Trinajstić information content (AvgIpc) is 2.72. The predicted octanol–water partition coefficient (Wildman–Crippen LogP) is 1.90. The molecular formula is C13H27NO2. The molecule has 0 aliphatic carbocycles. The molecule has 0 spiro atoms. The zero-order valence-electron chi connectivity index (χ0n) is 10.8. The maximum atomic E-state index is 9.80. The van der Waals surface area contributed by atoms with Gasteiger partial charge in [-0.2, -0.15) is 0 Å². The van der Waals surface area contributed by atoms with E-state index < -0.39 is 0 Å². The Morgan fingerprint density at radius 3 is 2.88 bits per heavy atom. The van der Waals surface area contributed by atoms with Crippen LogP contribution in [0.2, 0.25) is 0 Å². The van der Waals surface area contributed by atoms with Crippen molar-refractivity contribution in [2.45, 2.75) is 45.6 Å². The lowest BCUT2D eigenvalue weighted by Gasteiger charge is -2.19. The number of rotatable bonds is 8. The molecule has 0 amide bonds. The van der Waals surface area contributed by atoms with Gasteiger partial charge in [0.2, 0.25) is 0 Å². The Morgan fingerprint density at radius 2 is 2.25 bits per heavy atom. The van der Waals surface area contributed by atoms with Gasteiger partial charge >= 0.3 is 0 Å². The molecule has 1 heterocycles. The van der Waals surface area contributed by atoms with Gasteiger partial charge in [-0.1, -0.05) is 26.7 Å². The smallest absolute Gasteiger partial charge is 0.0900 e. The maximum Gasteiger partial charge on any atom is 0.0900 e. The van der Waals surface area contributed by atoms with Crippen LogP contribution in [-0.4, -0.2) is 49.0 Å². The van der Waals surface area contributed by atoms with Crippen LogP contribution in [0.15, 0.2) is 0 Å². The van der Waals surface area contributed by atoms with Crippen LogP contribution < -0.4 is 0 Å². The van der Waals surface area contributed by atoms with Crippen LogP contribution in [0.25, 0.3) is 0 Å². The van der Waals surface area contributed by atoms with Gasteiger partial charge in [0.05, 0.1) is 12.7 Å². The Labute approximate surface area is 99.8 Å². The Kier molecular flexibility index (Phi) is 7.01. The van der Waals surface area contributed by atoms with Gasteiger partial charge in [-0.05, 0) is 25.3 Å². The van der Waals surface area contributed by atoms with Crippen molar-refractivity contribution in [3.8, 4) is 0 Å². The van der Waals surface area contributed by atoms with Crippen molar-refractivity contribution in [2.24, 2.45) is 5.92 Å². The van der Waals surface area contributed by atoms with E-state index in [2.05, 4.69) is 18.7 Å². The molecule has 1 aliphatic heterocycles. The summed E-state index contributed by atoms with van der Waals surface area (Å²) < 4.78 is 5.42. The van der Waals surface area contributed by atoms with Crippen LogP contribution in [-0.2, 0) is 4.74 Å². The van der Waals surface area contributed by atoms with E-state index >= 15 is 0 Å². The summed E-state index contributed by atoms with van der Waals surface area (Å²) in [6, 6.07) is 0. The van der Waals surface area contributed by atoms with E-state index in [4.69, 9.17) is 4.74 Å². The molecule has 1 saturated heterocycles. The number of likely N-dealkylation sites (tertiary alicyclic amines) is 1. The first-order valence-electron chi connectivity index (χ1n) is 6.74. The van der Waals surface area contributed by atoms with E-state index in [9.17, 15) is 5.11 Å². The van der Waals surface area contributed by atoms with E-state index in [-0.39, 0.29) is 6.10 Å². The zero-order chi connectivity index (χ0) is 11.8. The number of aliphatic hydroxyl groups is 1. The van der Waals surface area contributed by atoms with Gasteiger partial charge in [-0.25, -0.2) is 0 Å². The minimum absolute atomic E-state index is 0.313. The predicted molar refractivity (Wildman–Crippen MR) is 66.6 cm³/mol. The zero-order valence-corrected chi connectivity index (χ0v) is 10.8. The largest absolute Gasteiger partial charge is 0.389 e. The fourth-order valence-electron chi connectivity index (χ4n) is 2.23. The Bertz CT molecular complexity index is 175. The van der Waals surface area contributed by atoms with Crippen molar-refractivity contribution < 1.29 is 9.84 Å². The van der Waals surface area contributed by atoms with Crippen molar-refractivity contribution in [1.29, 1.82) is 0 Å². The summed E-state index contributed by atoms with van der Waals surface area (Å²) in [6.07, 6.45) is 4.49. The van der Waals surface area contributed by atoms with Crippen LogP contribution in [0.4, 0.5) is 0 Å². The Morgan fingerprint density at radius 1 is 1.44 bits per heavy atom. The number of ether oxygens (including phenoxy) is 1. The highest BCUT2D eigenvalue weighted by Crippen LogP contribution is 2.18. The van der Waals surface area contributed by atoms with Gasteiger partial charge in [-0.15, -0.1) is 0 Å². The molecule has 3 nitrogen and oxygen atoms in total. The van der Waals surface area contributed by atoms with Gasteiger partial charge in [0.25, 0.3) is 0 Å². The number of aliphatic hydroxyl groups excluding tert-OH is 1. The topological polar surface area (TPSA) is 32.7 Å². The molecule has 0 bridgehead atoms. The highest BCUT2D eigenvalue weighted by atomic mass is 16.5. The van der Waals surface area contributed by atoms with Crippen LogP contribution in [0.5, 0.6) is 0 Å². The number of hydrogen-bond donors (Lipinski definition) is 1. The standard InChI is InChI=1S/C13H27NO2/c1-3-5-8-16-11-13(15)10-14-7-6-12(4-2)9-14/h12-13,15H,3-11H2,1-2H3. The third kappa shape index (κ3) is 5.28. The summed E-state index contributed by atoms with van der Waals surface area (Å²) in [4.78, 5) is 2.36. The Hall–Kier alpha value is -0.120. The summed E-state index contributed by atoms with van der Waals surface area (Å²) in [5, 5.41) is 9.80. The number of nitrogens with zero attached hydrogens (tertiary/aromatic N) is 1. The van der Waals surface area contributed by atoms with Crippen LogP contribution in [0, 0.1) is 5.92 Å². The molecule has 1 rings (SSSR count). The normalized spacial score (nSPS) is 23.8. The minimum Gasteiger partial charge on any atom is -0.389 e. The highest BCUT2D eigenvalue weighted by molar-refractivity contribution is 4.76. The van der Waals surface area contributed by atoms with Crippen molar-refractivity contribution in [3.05, 3.63) is 0 Å². The van der Waals surface area contributed by atoms with Gasteiger partial charge in [0, 0.05) is 19.7 Å². The van der Waals surface area contributed by atoms with Gasteiger partial charge in [-0.3, -0.25) is 0 Å². The van der Waals surface area contributed by atoms with Crippen molar-refractivity contribution in [1.82, 2.24) is 4.90 Å². The third-order valence-electron chi connectivity index (χ3n) is 3.37. The fraction of sp³-hybridized carbons (Fsp3) is 1.00. The van der Waals surface area contributed by atoms with E-state index in [1.54, 1.807) is 0 Å². The van der Waals surface area contributed by atoms with Gasteiger partial charge in [0.15, 0.2) is 0 Å². The number of hydrogen-bond acceptors (Lipinski definition) is 3. The average molecular weight is 229 g/mol. The molecule has 16 heavy (non-hydrogen) atoms. The lowest BCUT2D eigenvalue weighted by atomic mass is 10.1. The lowest BCUT2D eigenvalue weighted by molar-refractivity contribution is 0.0190. The summed E-state index contributed by atoms with van der Waals surface area (Å²) >= 11 is 0. The minimum atomic E-state index is -0.313. The van der Waals surface area contributed by atoms with Crippen molar-refractivity contribution >= 4 is 0 Å². The second-order valence-electron chi connectivity index (χ2n) is 4.90. The molecule has 1 fully saturated rings. The van der Waals surface area contributed by atoms with E-state index in [0.717, 1.165) is 45.0 Å². The summed E-state index contributed by atoms with van der Waals surface area (Å²) in [7, 11) is 0. The van der Waals surface area contributed by atoms with Crippen LogP contribution >= 0.6 is 0 Å². The molecular weight excluding hydrogens is 202 g/mol. The molecule has 0 radical (unpaired) electrons.